The molecule has 0 fully saturated rings. The van der Waals surface area contributed by atoms with Crippen molar-refractivity contribution in [3.05, 3.63) is 59.7 Å². The lowest BCUT2D eigenvalue weighted by Gasteiger charge is -2.08. The Labute approximate surface area is 117 Å². The van der Waals surface area contributed by atoms with Gasteiger partial charge in [-0.15, -0.1) is 0 Å². The summed E-state index contributed by atoms with van der Waals surface area (Å²) in [5.74, 6) is -0.190. The number of nitrogens with zero attached hydrogens (tertiary/aromatic N) is 1. The fourth-order valence-corrected chi connectivity index (χ4v) is 1.74. The van der Waals surface area contributed by atoms with Gasteiger partial charge in [-0.3, -0.25) is 4.79 Å². The second-order valence-corrected chi connectivity index (χ2v) is 4.36. The van der Waals surface area contributed by atoms with Crippen molar-refractivity contribution in [2.75, 3.05) is 5.32 Å². The molecule has 0 heterocycles. The first-order valence-electron chi connectivity index (χ1n) is 6.13. The highest BCUT2D eigenvalue weighted by Gasteiger charge is 2.06. The van der Waals surface area contributed by atoms with E-state index in [1.807, 2.05) is 37.3 Å². The number of carbonyl (C=O) groups is 1. The van der Waals surface area contributed by atoms with Crippen LogP contribution >= 0.6 is 0 Å². The smallest absolute Gasteiger partial charge is 0.255 e. The van der Waals surface area contributed by atoms with Gasteiger partial charge in [0.25, 0.3) is 5.91 Å². The molecule has 0 unspecified atom stereocenters. The van der Waals surface area contributed by atoms with E-state index in [9.17, 15) is 4.79 Å². The summed E-state index contributed by atoms with van der Waals surface area (Å²) in [6.45, 7) is 1.89. The molecule has 0 radical (unpaired) electrons. The van der Waals surface area contributed by atoms with Crippen LogP contribution in [0.2, 0.25) is 0 Å². The lowest BCUT2D eigenvalue weighted by Crippen LogP contribution is -2.22. The molecule has 0 saturated carbocycles. The molecule has 0 aliphatic rings. The Balaban J connectivity index is 2.22. The quantitative estimate of drug-likeness (QED) is 0.588. The Kier molecular flexibility index (Phi) is 4.00. The molecule has 0 aliphatic heterocycles. The van der Waals surface area contributed by atoms with Gasteiger partial charge >= 0.3 is 0 Å². The molecule has 5 N–H and O–H groups in total. The van der Waals surface area contributed by atoms with Gasteiger partial charge in [0, 0.05) is 11.3 Å². The number of aliphatic imine (C=N–C) groups is 1. The monoisotopic (exact) mass is 268 g/mol. The van der Waals surface area contributed by atoms with E-state index >= 15 is 0 Å². The van der Waals surface area contributed by atoms with Crippen molar-refractivity contribution in [1.82, 2.24) is 0 Å². The zero-order chi connectivity index (χ0) is 14.5. The van der Waals surface area contributed by atoms with Gasteiger partial charge in [0.2, 0.25) is 0 Å². The van der Waals surface area contributed by atoms with Crippen molar-refractivity contribution in [1.29, 1.82) is 0 Å². The Morgan fingerprint density at radius 2 is 1.80 bits per heavy atom. The predicted octanol–water partition coefficient (Wildman–Crippen LogP) is 2.15. The number of hydrogen-bond donors (Lipinski definition) is 3. The number of amides is 1. The second kappa shape index (κ2) is 5.88. The van der Waals surface area contributed by atoms with E-state index in [4.69, 9.17) is 11.5 Å². The molecule has 2 aromatic carbocycles. The van der Waals surface area contributed by atoms with Crippen LogP contribution in [0.1, 0.15) is 15.9 Å². The van der Waals surface area contributed by atoms with Crippen molar-refractivity contribution < 1.29 is 4.79 Å². The third kappa shape index (κ3) is 3.35. The molecule has 2 rings (SSSR count). The average molecular weight is 268 g/mol. The third-order valence-electron chi connectivity index (χ3n) is 2.75. The lowest BCUT2D eigenvalue weighted by atomic mass is 10.1. The summed E-state index contributed by atoms with van der Waals surface area (Å²) in [7, 11) is 0. The number of nitrogens with two attached hydrogens (primary N) is 2. The molecule has 0 saturated heterocycles. The Hall–Kier alpha value is -2.82. The highest BCUT2D eigenvalue weighted by molar-refractivity contribution is 6.04. The molecule has 0 spiro atoms. The van der Waals surface area contributed by atoms with E-state index in [-0.39, 0.29) is 11.9 Å². The zero-order valence-corrected chi connectivity index (χ0v) is 11.1. The number of anilines is 1. The number of carbonyl (C=O) groups excluding carboxylic acids is 1. The molecule has 102 valence electrons. The number of hydrogen-bond acceptors (Lipinski definition) is 2. The van der Waals surface area contributed by atoms with E-state index in [1.165, 1.54) is 0 Å². The van der Waals surface area contributed by atoms with Gasteiger partial charge < -0.3 is 16.8 Å². The van der Waals surface area contributed by atoms with Crippen LogP contribution in [-0.2, 0) is 0 Å². The van der Waals surface area contributed by atoms with Gasteiger partial charge in [0.05, 0.1) is 5.69 Å². The van der Waals surface area contributed by atoms with E-state index in [0.29, 0.717) is 16.9 Å². The van der Waals surface area contributed by atoms with Crippen molar-refractivity contribution in [2.45, 2.75) is 6.92 Å². The lowest BCUT2D eigenvalue weighted by molar-refractivity contribution is 0.102. The first kappa shape index (κ1) is 13.6. The summed E-state index contributed by atoms with van der Waals surface area (Å²) in [4.78, 5) is 16.1. The molecule has 1 amide bonds. The van der Waals surface area contributed by atoms with E-state index < -0.39 is 0 Å². The van der Waals surface area contributed by atoms with Gasteiger partial charge in [0.1, 0.15) is 0 Å². The second-order valence-electron chi connectivity index (χ2n) is 4.36. The van der Waals surface area contributed by atoms with Crippen molar-refractivity contribution in [3.8, 4) is 0 Å². The van der Waals surface area contributed by atoms with Gasteiger partial charge in [-0.25, -0.2) is 4.99 Å². The fraction of sp³-hybridized carbons (Fsp3) is 0.0667. The van der Waals surface area contributed by atoms with Crippen molar-refractivity contribution in [3.63, 3.8) is 0 Å². The highest BCUT2D eigenvalue weighted by atomic mass is 16.1. The number of benzene rings is 2. The summed E-state index contributed by atoms with van der Waals surface area (Å²) in [5, 5.41) is 2.81. The van der Waals surface area contributed by atoms with Gasteiger partial charge in [-0.1, -0.05) is 24.3 Å². The topological polar surface area (TPSA) is 93.5 Å². The van der Waals surface area contributed by atoms with Crippen LogP contribution in [0.3, 0.4) is 0 Å². The first-order chi connectivity index (χ1) is 9.56. The van der Waals surface area contributed by atoms with Crippen LogP contribution in [0.4, 0.5) is 11.4 Å². The zero-order valence-electron chi connectivity index (χ0n) is 11.1. The molecule has 0 aliphatic carbocycles. The van der Waals surface area contributed by atoms with Gasteiger partial charge in [0.15, 0.2) is 5.96 Å². The number of rotatable bonds is 3. The molecule has 0 bridgehead atoms. The van der Waals surface area contributed by atoms with Crippen LogP contribution < -0.4 is 16.8 Å². The van der Waals surface area contributed by atoms with Crippen molar-refractivity contribution in [2.24, 2.45) is 16.5 Å². The van der Waals surface area contributed by atoms with Crippen LogP contribution in [0, 0.1) is 6.92 Å². The first-order valence-corrected chi connectivity index (χ1v) is 6.13. The van der Waals surface area contributed by atoms with Crippen LogP contribution in [0.15, 0.2) is 53.5 Å². The number of guanidine groups is 1. The summed E-state index contributed by atoms with van der Waals surface area (Å²) < 4.78 is 0. The molecular formula is C15H16N4O. The minimum Gasteiger partial charge on any atom is -0.370 e. The maximum absolute atomic E-state index is 12.0. The molecule has 5 heteroatoms. The maximum atomic E-state index is 12.0. The minimum atomic E-state index is -0.176. The van der Waals surface area contributed by atoms with Crippen LogP contribution in [0.5, 0.6) is 0 Å². The summed E-state index contributed by atoms with van der Waals surface area (Å²) in [6.07, 6.45) is 0. The number of aryl methyl sites for hydroxylation is 1. The fourth-order valence-electron chi connectivity index (χ4n) is 1.74. The van der Waals surface area contributed by atoms with Crippen molar-refractivity contribution >= 4 is 23.2 Å². The van der Waals surface area contributed by atoms with Gasteiger partial charge in [-0.2, -0.15) is 0 Å². The molecule has 0 aromatic heterocycles. The SMILES string of the molecule is Cc1ccc(NC(=O)c2ccccc2)cc1N=C(N)N. The maximum Gasteiger partial charge on any atom is 0.255 e. The average Bonchev–Trinajstić information content (AvgIpc) is 2.43. The Morgan fingerprint density at radius 1 is 1.10 bits per heavy atom. The van der Waals surface area contributed by atoms with Gasteiger partial charge in [-0.05, 0) is 36.8 Å². The predicted molar refractivity (Wildman–Crippen MR) is 81.0 cm³/mol. The summed E-state index contributed by atoms with van der Waals surface area (Å²) in [6, 6.07) is 14.4. The minimum absolute atomic E-state index is 0.0142. The highest BCUT2D eigenvalue weighted by Crippen LogP contribution is 2.23. The Bertz CT molecular complexity index is 646. The normalized spacial score (nSPS) is 9.85. The summed E-state index contributed by atoms with van der Waals surface area (Å²) in [5.41, 5.74) is 13.6. The van der Waals surface area contributed by atoms with Crippen LogP contribution in [0.25, 0.3) is 0 Å². The Morgan fingerprint density at radius 3 is 2.45 bits per heavy atom. The molecule has 2 aromatic rings. The van der Waals surface area contributed by atoms with Crippen LogP contribution in [-0.4, -0.2) is 11.9 Å². The van der Waals surface area contributed by atoms with E-state index in [2.05, 4.69) is 10.3 Å². The standard InChI is InChI=1S/C15H16N4O/c1-10-7-8-12(9-13(10)19-15(16)17)18-14(20)11-5-3-2-4-6-11/h2-9H,1H3,(H,18,20)(H4,16,17,19). The van der Waals surface area contributed by atoms with E-state index in [1.54, 1.807) is 18.2 Å². The largest absolute Gasteiger partial charge is 0.370 e. The molecule has 5 nitrogen and oxygen atoms in total. The number of nitrogens with one attached hydrogen (secondary N) is 1. The summed E-state index contributed by atoms with van der Waals surface area (Å²) >= 11 is 0. The molecule has 20 heavy (non-hydrogen) atoms. The molecular weight excluding hydrogens is 252 g/mol. The molecule has 0 atom stereocenters. The third-order valence-corrected chi connectivity index (χ3v) is 2.75. The van der Waals surface area contributed by atoms with E-state index in [0.717, 1.165) is 5.56 Å².